The first-order valence-corrected chi connectivity index (χ1v) is 6.78. The van der Waals surface area contributed by atoms with Crippen LogP contribution >= 0.6 is 24.2 Å². The molecule has 0 unspecified atom stereocenters. The van der Waals surface area contributed by atoms with Gasteiger partial charge < -0.3 is 0 Å². The molecule has 9 heteroatoms. The van der Waals surface area contributed by atoms with E-state index in [9.17, 15) is 0 Å². The fourth-order valence-electron chi connectivity index (χ4n) is 1.70. The summed E-state index contributed by atoms with van der Waals surface area (Å²) in [6, 6.07) is 5.41. The molecule has 3 rings (SSSR count). The van der Waals surface area contributed by atoms with Crippen LogP contribution in [0.15, 0.2) is 45.8 Å². The molecule has 0 aliphatic rings. The minimum atomic E-state index is 0.331. The monoisotopic (exact) mass is 319 g/mol. The lowest BCUT2D eigenvalue weighted by atomic mass is 10.3. The summed E-state index contributed by atoms with van der Waals surface area (Å²) in [6.45, 7) is 1.84. The van der Waals surface area contributed by atoms with E-state index in [-0.39, 0.29) is 0 Å². The second-order valence-corrected chi connectivity index (χ2v) is 5.11. The van der Waals surface area contributed by atoms with Crippen molar-refractivity contribution in [2.24, 2.45) is 10.2 Å². The number of aryl methyl sites for hydroxylation is 1. The van der Waals surface area contributed by atoms with Gasteiger partial charge in [-0.3, -0.25) is 0 Å². The lowest BCUT2D eigenvalue weighted by Crippen LogP contribution is -1.95. The topological polar surface area (TPSA) is 84.1 Å². The Morgan fingerprint density at radius 2 is 2.19 bits per heavy atom. The fraction of sp³-hybridized carbons (Fsp3) is 0.0833. The third-order valence-corrected chi connectivity index (χ3v) is 3.30. The number of hydrogen-bond acceptors (Lipinski definition) is 6. The van der Waals surface area contributed by atoms with Crippen molar-refractivity contribution in [3.05, 3.63) is 41.4 Å². The first-order valence-electron chi connectivity index (χ1n) is 5.96. The van der Waals surface area contributed by atoms with Gasteiger partial charge >= 0.3 is 0 Å². The lowest BCUT2D eigenvalue weighted by Gasteiger charge is -2.04. The van der Waals surface area contributed by atoms with Crippen molar-refractivity contribution in [1.82, 2.24) is 25.0 Å². The molecule has 0 spiro atoms. The van der Waals surface area contributed by atoms with Gasteiger partial charge in [0.2, 0.25) is 0 Å². The van der Waals surface area contributed by atoms with Crippen LogP contribution in [0.1, 0.15) is 5.69 Å². The van der Waals surface area contributed by atoms with E-state index < -0.39 is 0 Å². The Hall–Kier alpha value is -2.19. The molecule has 2 heterocycles. The molecule has 0 bridgehead atoms. The molecule has 0 aliphatic heterocycles. The zero-order valence-corrected chi connectivity index (χ0v) is 12.5. The SMILES string of the molecule is Cc1nn(-c2cc(S)ccc2Cl)cc1N=Nc1ncn[nH]1. The number of hydrogen-bond donors (Lipinski definition) is 2. The first kappa shape index (κ1) is 13.8. The highest BCUT2D eigenvalue weighted by Gasteiger charge is 2.09. The van der Waals surface area contributed by atoms with Crippen molar-refractivity contribution in [3.63, 3.8) is 0 Å². The van der Waals surface area contributed by atoms with Crippen LogP contribution in [0.4, 0.5) is 11.6 Å². The fourth-order valence-corrected chi connectivity index (χ4v) is 2.10. The average Bonchev–Trinajstić information content (AvgIpc) is 3.09. The average molecular weight is 320 g/mol. The standard InChI is InChI=1S/C12H10ClN7S/c1-7-10(16-18-12-14-6-15-17-12)5-20(19-7)11-4-8(21)2-3-9(11)13/h2-6,21H,1H3,(H,14,15,17). The van der Waals surface area contributed by atoms with E-state index in [1.807, 2.05) is 19.1 Å². The second kappa shape index (κ2) is 5.66. The van der Waals surface area contributed by atoms with Crippen LogP contribution < -0.4 is 0 Å². The highest BCUT2D eigenvalue weighted by molar-refractivity contribution is 7.80. The Morgan fingerprint density at radius 3 is 2.95 bits per heavy atom. The summed E-state index contributed by atoms with van der Waals surface area (Å²) in [6.07, 6.45) is 3.10. The maximum atomic E-state index is 6.18. The molecule has 0 fully saturated rings. The van der Waals surface area contributed by atoms with Crippen LogP contribution in [-0.4, -0.2) is 25.0 Å². The molecule has 1 N–H and O–H groups in total. The molecular formula is C12H10ClN7S. The van der Waals surface area contributed by atoms with Crippen LogP contribution in [0, 0.1) is 6.92 Å². The molecule has 21 heavy (non-hydrogen) atoms. The summed E-state index contributed by atoms with van der Waals surface area (Å²) in [5, 5.41) is 19.3. The smallest absolute Gasteiger partial charge is 0.242 e. The minimum absolute atomic E-state index is 0.331. The summed E-state index contributed by atoms with van der Waals surface area (Å²) in [5.74, 6) is 0.331. The van der Waals surface area contributed by atoms with Gasteiger partial charge in [0.15, 0.2) is 0 Å². The number of halogens is 1. The number of rotatable bonds is 3. The van der Waals surface area contributed by atoms with Crippen LogP contribution in [0.2, 0.25) is 5.02 Å². The molecule has 1 aromatic carbocycles. The summed E-state index contributed by atoms with van der Waals surface area (Å²) >= 11 is 10.5. The number of aromatic nitrogens is 5. The lowest BCUT2D eigenvalue weighted by molar-refractivity contribution is 0.860. The summed E-state index contributed by atoms with van der Waals surface area (Å²) < 4.78 is 1.64. The predicted molar refractivity (Wildman–Crippen MR) is 81.1 cm³/mol. The zero-order chi connectivity index (χ0) is 14.8. The molecule has 0 amide bonds. The number of aromatic amines is 1. The molecule has 0 saturated carbocycles. The molecule has 2 aromatic heterocycles. The summed E-state index contributed by atoms with van der Waals surface area (Å²) in [4.78, 5) is 4.66. The van der Waals surface area contributed by atoms with Gasteiger partial charge in [-0.15, -0.1) is 22.9 Å². The Morgan fingerprint density at radius 1 is 1.33 bits per heavy atom. The second-order valence-electron chi connectivity index (χ2n) is 4.19. The van der Waals surface area contributed by atoms with E-state index in [4.69, 9.17) is 11.6 Å². The third-order valence-electron chi connectivity index (χ3n) is 2.70. The normalized spacial score (nSPS) is 11.4. The Bertz CT molecular complexity index is 794. The Kier molecular flexibility index (Phi) is 3.72. The molecule has 106 valence electrons. The Labute approximate surface area is 130 Å². The highest BCUT2D eigenvalue weighted by atomic mass is 35.5. The van der Waals surface area contributed by atoms with Gasteiger partial charge in [0.25, 0.3) is 5.95 Å². The molecule has 0 aliphatic carbocycles. The number of H-pyrrole nitrogens is 1. The number of benzene rings is 1. The van der Waals surface area contributed by atoms with E-state index in [0.717, 1.165) is 16.3 Å². The summed E-state index contributed by atoms with van der Waals surface area (Å²) in [5.41, 5.74) is 2.07. The van der Waals surface area contributed by atoms with E-state index in [0.29, 0.717) is 16.7 Å². The van der Waals surface area contributed by atoms with Crippen LogP contribution in [0.25, 0.3) is 5.69 Å². The van der Waals surface area contributed by atoms with Crippen molar-refractivity contribution in [2.45, 2.75) is 11.8 Å². The minimum Gasteiger partial charge on any atom is -0.242 e. The maximum Gasteiger partial charge on any atom is 0.264 e. The van der Waals surface area contributed by atoms with E-state index in [1.54, 1.807) is 16.9 Å². The van der Waals surface area contributed by atoms with Gasteiger partial charge in [0, 0.05) is 4.90 Å². The summed E-state index contributed by atoms with van der Waals surface area (Å²) in [7, 11) is 0. The molecule has 0 saturated heterocycles. The Balaban J connectivity index is 1.96. The van der Waals surface area contributed by atoms with Crippen molar-refractivity contribution < 1.29 is 0 Å². The van der Waals surface area contributed by atoms with Crippen molar-refractivity contribution in [2.75, 3.05) is 0 Å². The van der Waals surface area contributed by atoms with Gasteiger partial charge in [-0.05, 0) is 25.1 Å². The van der Waals surface area contributed by atoms with Crippen molar-refractivity contribution in [1.29, 1.82) is 0 Å². The predicted octanol–water partition coefficient (Wildman–Crippen LogP) is 3.66. The van der Waals surface area contributed by atoms with Gasteiger partial charge in [0.05, 0.1) is 22.6 Å². The van der Waals surface area contributed by atoms with Gasteiger partial charge in [-0.2, -0.15) is 15.2 Å². The largest absolute Gasteiger partial charge is 0.264 e. The van der Waals surface area contributed by atoms with Crippen LogP contribution in [0.3, 0.4) is 0 Å². The van der Waals surface area contributed by atoms with Crippen molar-refractivity contribution >= 4 is 35.9 Å². The number of nitrogens with zero attached hydrogens (tertiary/aromatic N) is 6. The third kappa shape index (κ3) is 2.96. The van der Waals surface area contributed by atoms with Crippen LogP contribution in [-0.2, 0) is 0 Å². The van der Waals surface area contributed by atoms with Gasteiger partial charge in [-0.25, -0.2) is 9.78 Å². The molecule has 3 aromatic rings. The molecular weight excluding hydrogens is 310 g/mol. The van der Waals surface area contributed by atoms with Crippen LogP contribution in [0.5, 0.6) is 0 Å². The first-order chi connectivity index (χ1) is 10.1. The zero-order valence-electron chi connectivity index (χ0n) is 10.9. The van der Waals surface area contributed by atoms with E-state index in [1.165, 1.54) is 6.33 Å². The van der Waals surface area contributed by atoms with Gasteiger partial charge in [-0.1, -0.05) is 11.6 Å². The molecule has 0 radical (unpaired) electrons. The highest BCUT2D eigenvalue weighted by Crippen LogP contribution is 2.26. The molecule has 7 nitrogen and oxygen atoms in total. The van der Waals surface area contributed by atoms with Gasteiger partial charge in [0.1, 0.15) is 12.0 Å². The number of thiol groups is 1. The molecule has 0 atom stereocenters. The van der Waals surface area contributed by atoms with Crippen molar-refractivity contribution in [3.8, 4) is 5.69 Å². The quantitative estimate of drug-likeness (QED) is 0.570. The number of nitrogens with one attached hydrogen (secondary N) is 1. The number of azo groups is 1. The van der Waals surface area contributed by atoms with E-state index in [2.05, 4.69) is 43.1 Å². The maximum absolute atomic E-state index is 6.18. The van der Waals surface area contributed by atoms with E-state index >= 15 is 0 Å².